The number of hydrogen-bond acceptors (Lipinski definition) is 5. The van der Waals surface area contributed by atoms with Gasteiger partial charge < -0.3 is 4.90 Å². The van der Waals surface area contributed by atoms with Gasteiger partial charge in [0.1, 0.15) is 5.69 Å². The maximum Gasteiger partial charge on any atom is 0.433 e. The van der Waals surface area contributed by atoms with Crippen LogP contribution in [0.4, 0.5) is 19.1 Å². The highest BCUT2D eigenvalue weighted by atomic mass is 19.4. The third-order valence-electron chi connectivity index (χ3n) is 4.90. The lowest BCUT2D eigenvalue weighted by Gasteiger charge is -2.29. The summed E-state index contributed by atoms with van der Waals surface area (Å²) in [7, 11) is 0. The van der Waals surface area contributed by atoms with Crippen LogP contribution in [0, 0.1) is 0 Å². The Morgan fingerprint density at radius 3 is 2.50 bits per heavy atom. The summed E-state index contributed by atoms with van der Waals surface area (Å²) >= 11 is 0. The molecule has 3 heterocycles. The van der Waals surface area contributed by atoms with E-state index < -0.39 is 11.9 Å². The third-order valence-corrected chi connectivity index (χ3v) is 4.90. The molecular formula is C18H20F3N5. The molecule has 0 radical (unpaired) electrons. The molecule has 1 unspecified atom stereocenters. The van der Waals surface area contributed by atoms with Crippen LogP contribution in [0.2, 0.25) is 0 Å². The Morgan fingerprint density at radius 2 is 1.81 bits per heavy atom. The molecule has 1 aliphatic heterocycles. The van der Waals surface area contributed by atoms with Crippen LogP contribution in [0.25, 0.3) is 0 Å². The van der Waals surface area contributed by atoms with Crippen molar-refractivity contribution in [2.75, 3.05) is 18.0 Å². The molecular weight excluding hydrogens is 343 g/mol. The highest BCUT2D eigenvalue weighted by molar-refractivity contribution is 5.37. The van der Waals surface area contributed by atoms with Gasteiger partial charge in [-0.15, -0.1) is 0 Å². The van der Waals surface area contributed by atoms with Gasteiger partial charge in [0.15, 0.2) is 0 Å². The molecule has 0 amide bonds. The zero-order chi connectivity index (χ0) is 18.1. The second kappa shape index (κ2) is 6.83. The molecule has 2 fully saturated rings. The summed E-state index contributed by atoms with van der Waals surface area (Å²) in [5.41, 5.74) is 0.314. The second-order valence-electron chi connectivity index (χ2n) is 6.91. The van der Waals surface area contributed by atoms with Gasteiger partial charge in [0, 0.05) is 50.3 Å². The van der Waals surface area contributed by atoms with E-state index in [0.717, 1.165) is 45.0 Å². The molecule has 5 nitrogen and oxygen atoms in total. The molecule has 4 rings (SSSR count). The van der Waals surface area contributed by atoms with Gasteiger partial charge in [-0.05, 0) is 43.0 Å². The molecule has 2 aromatic rings. The SMILES string of the molecule is FC(F)(F)c1ccnc(N(C2CC2)C2CCN(Cc3ccncc3)C2)n1. The molecule has 0 aromatic carbocycles. The molecule has 0 bridgehead atoms. The van der Waals surface area contributed by atoms with E-state index in [-0.39, 0.29) is 18.0 Å². The number of aromatic nitrogens is 3. The van der Waals surface area contributed by atoms with Crippen molar-refractivity contribution in [3.05, 3.63) is 48.0 Å². The maximum atomic E-state index is 13.0. The van der Waals surface area contributed by atoms with Crippen LogP contribution in [0.3, 0.4) is 0 Å². The van der Waals surface area contributed by atoms with Crippen LogP contribution < -0.4 is 4.90 Å². The largest absolute Gasteiger partial charge is 0.433 e. The summed E-state index contributed by atoms with van der Waals surface area (Å²) in [6, 6.07) is 5.31. The average molecular weight is 363 g/mol. The van der Waals surface area contributed by atoms with Crippen molar-refractivity contribution >= 4 is 5.95 Å². The van der Waals surface area contributed by atoms with E-state index in [4.69, 9.17) is 0 Å². The van der Waals surface area contributed by atoms with E-state index in [9.17, 15) is 13.2 Å². The van der Waals surface area contributed by atoms with E-state index in [1.165, 1.54) is 11.8 Å². The predicted octanol–water partition coefficient (Wildman–Crippen LogP) is 3.13. The minimum atomic E-state index is -4.45. The summed E-state index contributed by atoms with van der Waals surface area (Å²) in [4.78, 5) is 16.3. The van der Waals surface area contributed by atoms with Crippen molar-refractivity contribution in [1.29, 1.82) is 0 Å². The van der Waals surface area contributed by atoms with E-state index >= 15 is 0 Å². The molecule has 8 heteroatoms. The summed E-state index contributed by atoms with van der Waals surface area (Å²) in [5, 5.41) is 0. The number of nitrogens with zero attached hydrogens (tertiary/aromatic N) is 5. The molecule has 0 spiro atoms. The third kappa shape index (κ3) is 3.80. The summed E-state index contributed by atoms with van der Waals surface area (Å²) in [6.45, 7) is 2.54. The standard InChI is InChI=1S/C18H20F3N5/c19-18(20,21)16-5-9-23-17(24-16)26(14-1-2-14)15-6-10-25(12-15)11-13-3-7-22-8-4-13/h3-5,7-9,14-15H,1-2,6,10-12H2. The number of likely N-dealkylation sites (tertiary alicyclic amines) is 1. The molecule has 26 heavy (non-hydrogen) atoms. The first-order valence-corrected chi connectivity index (χ1v) is 8.80. The van der Waals surface area contributed by atoms with E-state index in [1.807, 2.05) is 17.0 Å². The Morgan fingerprint density at radius 1 is 1.04 bits per heavy atom. The van der Waals surface area contributed by atoms with Crippen LogP contribution in [0.1, 0.15) is 30.5 Å². The Labute approximate surface area is 149 Å². The molecule has 0 N–H and O–H groups in total. The van der Waals surface area contributed by atoms with Crippen LogP contribution >= 0.6 is 0 Å². The highest BCUT2D eigenvalue weighted by Crippen LogP contribution is 2.36. The number of rotatable bonds is 5. The van der Waals surface area contributed by atoms with Crippen LogP contribution in [-0.4, -0.2) is 45.0 Å². The number of anilines is 1. The molecule has 1 saturated carbocycles. The van der Waals surface area contributed by atoms with Crippen LogP contribution in [0.5, 0.6) is 0 Å². The number of alkyl halides is 3. The van der Waals surface area contributed by atoms with Gasteiger partial charge >= 0.3 is 6.18 Å². The molecule has 138 valence electrons. The van der Waals surface area contributed by atoms with Crippen molar-refractivity contribution in [2.24, 2.45) is 0 Å². The second-order valence-corrected chi connectivity index (χ2v) is 6.91. The van der Waals surface area contributed by atoms with Crippen molar-refractivity contribution in [3.63, 3.8) is 0 Å². The first-order chi connectivity index (χ1) is 12.5. The van der Waals surface area contributed by atoms with Crippen molar-refractivity contribution in [3.8, 4) is 0 Å². The van der Waals surface area contributed by atoms with Crippen molar-refractivity contribution < 1.29 is 13.2 Å². The first-order valence-electron chi connectivity index (χ1n) is 8.80. The van der Waals surface area contributed by atoms with Gasteiger partial charge in [-0.3, -0.25) is 9.88 Å². The fraction of sp³-hybridized carbons (Fsp3) is 0.500. The number of halogens is 3. The number of pyridine rings is 1. The quantitative estimate of drug-likeness (QED) is 0.817. The molecule has 2 aliphatic rings. The molecule has 1 saturated heterocycles. The Balaban J connectivity index is 1.50. The summed E-state index contributed by atoms with van der Waals surface area (Å²) < 4.78 is 39.0. The van der Waals surface area contributed by atoms with Gasteiger partial charge in [-0.25, -0.2) is 9.97 Å². The fourth-order valence-electron chi connectivity index (χ4n) is 3.54. The molecule has 1 atom stereocenters. The minimum absolute atomic E-state index is 0.146. The Kier molecular flexibility index (Phi) is 4.52. The normalized spacial score (nSPS) is 21.1. The van der Waals surface area contributed by atoms with Crippen molar-refractivity contribution in [1.82, 2.24) is 19.9 Å². The lowest BCUT2D eigenvalue weighted by Crippen LogP contribution is -2.40. The number of hydrogen-bond donors (Lipinski definition) is 0. The average Bonchev–Trinajstić information content (AvgIpc) is 3.35. The maximum absolute atomic E-state index is 13.0. The first kappa shape index (κ1) is 17.2. The predicted molar refractivity (Wildman–Crippen MR) is 90.5 cm³/mol. The lowest BCUT2D eigenvalue weighted by molar-refractivity contribution is -0.141. The fourth-order valence-corrected chi connectivity index (χ4v) is 3.54. The summed E-state index contributed by atoms with van der Waals surface area (Å²) in [5.74, 6) is 0.207. The molecule has 1 aliphatic carbocycles. The lowest BCUT2D eigenvalue weighted by atomic mass is 10.2. The Hall–Kier alpha value is -2.22. The van der Waals surface area contributed by atoms with Gasteiger partial charge in [-0.2, -0.15) is 13.2 Å². The van der Waals surface area contributed by atoms with Gasteiger partial charge in [-0.1, -0.05) is 0 Å². The van der Waals surface area contributed by atoms with Gasteiger partial charge in [0.2, 0.25) is 5.95 Å². The Bertz CT molecular complexity index is 748. The minimum Gasteiger partial charge on any atom is -0.334 e. The van der Waals surface area contributed by atoms with Gasteiger partial charge in [0.05, 0.1) is 0 Å². The van der Waals surface area contributed by atoms with Crippen LogP contribution in [0.15, 0.2) is 36.8 Å². The monoisotopic (exact) mass is 363 g/mol. The van der Waals surface area contributed by atoms with E-state index in [1.54, 1.807) is 12.4 Å². The topological polar surface area (TPSA) is 45.2 Å². The zero-order valence-electron chi connectivity index (χ0n) is 14.2. The zero-order valence-corrected chi connectivity index (χ0v) is 14.2. The molecule has 2 aromatic heterocycles. The smallest absolute Gasteiger partial charge is 0.334 e. The van der Waals surface area contributed by atoms with E-state index in [2.05, 4.69) is 19.9 Å². The van der Waals surface area contributed by atoms with Gasteiger partial charge in [0.25, 0.3) is 0 Å². The highest BCUT2D eigenvalue weighted by Gasteiger charge is 2.40. The van der Waals surface area contributed by atoms with Crippen LogP contribution in [-0.2, 0) is 12.7 Å². The van der Waals surface area contributed by atoms with Crippen molar-refractivity contribution in [2.45, 2.75) is 44.1 Å². The summed E-state index contributed by atoms with van der Waals surface area (Å²) in [6.07, 6.45) is 3.19. The van der Waals surface area contributed by atoms with E-state index in [0.29, 0.717) is 0 Å².